The topological polar surface area (TPSA) is 118 Å². The number of carboxylic acid groups (broad SMARTS) is 1. The molecule has 10 nitrogen and oxygen atoms in total. The van der Waals surface area contributed by atoms with Gasteiger partial charge in [0.25, 0.3) is 0 Å². The van der Waals surface area contributed by atoms with Crippen molar-refractivity contribution in [3.8, 4) is 5.75 Å². The highest BCUT2D eigenvalue weighted by atomic mass is 16.7. The summed E-state index contributed by atoms with van der Waals surface area (Å²) in [5, 5.41) is 9.44. The molecule has 154 valence electrons. The molecule has 1 amide bonds. The fraction of sp³-hybridized carbons (Fsp3) is 0.368. The Balaban J connectivity index is 1.60. The smallest absolute Gasteiger partial charge is 0.449 e. The normalized spacial score (nSPS) is 15.0. The second-order valence-electron chi connectivity index (χ2n) is 6.45. The average molecular weight is 403 g/mol. The summed E-state index contributed by atoms with van der Waals surface area (Å²) in [7, 11) is 0. The van der Waals surface area contributed by atoms with Gasteiger partial charge in [0.15, 0.2) is 5.75 Å². The van der Waals surface area contributed by atoms with Crippen LogP contribution < -0.4 is 9.64 Å². The summed E-state index contributed by atoms with van der Waals surface area (Å²) < 4.78 is 14.5. The minimum atomic E-state index is -1.39. The number of anilines is 1. The number of carbonyl (C=O) groups is 3. The SMILES string of the molecule is CC(=O)OC(C)OC(=O)N1CCN(c2ccc3cc(OC(=O)O)cnc3c2)CC1. The van der Waals surface area contributed by atoms with Crippen molar-refractivity contribution in [2.75, 3.05) is 31.1 Å². The van der Waals surface area contributed by atoms with E-state index >= 15 is 0 Å². The average Bonchev–Trinajstić information content (AvgIpc) is 2.66. The quantitative estimate of drug-likeness (QED) is 0.606. The Labute approximate surface area is 166 Å². The number of rotatable bonds is 4. The Morgan fingerprint density at radius 1 is 1.10 bits per heavy atom. The molecule has 1 saturated heterocycles. The molecule has 1 atom stereocenters. The van der Waals surface area contributed by atoms with Crippen LogP contribution in [0.1, 0.15) is 13.8 Å². The standard InChI is InChI=1S/C19H21N3O7/c1-12(23)27-13(2)28-18(24)22-7-5-21(6-8-22)15-4-3-14-9-16(29-19(25)26)11-20-17(14)10-15/h3-4,9-11,13H,5-8H2,1-2H3,(H,25,26). The molecule has 3 rings (SSSR count). The molecule has 1 aromatic carbocycles. The first kappa shape index (κ1) is 20.2. The van der Waals surface area contributed by atoms with Crippen LogP contribution in [0, 0.1) is 0 Å². The van der Waals surface area contributed by atoms with Gasteiger partial charge in [0.1, 0.15) is 0 Å². The van der Waals surface area contributed by atoms with E-state index in [2.05, 4.69) is 14.6 Å². The van der Waals surface area contributed by atoms with E-state index in [1.54, 1.807) is 11.0 Å². The van der Waals surface area contributed by atoms with Crippen LogP contribution in [-0.4, -0.2) is 65.7 Å². The van der Waals surface area contributed by atoms with Crippen molar-refractivity contribution in [2.24, 2.45) is 0 Å². The molecule has 2 heterocycles. The van der Waals surface area contributed by atoms with E-state index in [9.17, 15) is 14.4 Å². The molecule has 29 heavy (non-hydrogen) atoms. The molecule has 1 aromatic heterocycles. The van der Waals surface area contributed by atoms with Gasteiger partial charge in [-0.1, -0.05) is 6.07 Å². The Morgan fingerprint density at radius 2 is 1.83 bits per heavy atom. The highest BCUT2D eigenvalue weighted by molar-refractivity contribution is 5.84. The van der Waals surface area contributed by atoms with Crippen LogP contribution in [0.3, 0.4) is 0 Å². The van der Waals surface area contributed by atoms with E-state index in [1.165, 1.54) is 20.0 Å². The number of carbonyl (C=O) groups excluding carboxylic acids is 2. The first-order chi connectivity index (χ1) is 13.8. The van der Waals surface area contributed by atoms with Crippen molar-refractivity contribution in [3.63, 3.8) is 0 Å². The Hall–Kier alpha value is -3.56. The third-order valence-corrected chi connectivity index (χ3v) is 4.35. The van der Waals surface area contributed by atoms with Gasteiger partial charge in [0.2, 0.25) is 6.29 Å². The van der Waals surface area contributed by atoms with Gasteiger partial charge in [0, 0.05) is 51.1 Å². The number of fused-ring (bicyclic) bond motifs is 1. The first-order valence-electron chi connectivity index (χ1n) is 9.00. The van der Waals surface area contributed by atoms with E-state index in [-0.39, 0.29) is 5.75 Å². The summed E-state index contributed by atoms with van der Waals surface area (Å²) in [6.07, 6.45) is -1.48. The number of benzene rings is 1. The van der Waals surface area contributed by atoms with Crippen LogP contribution in [0.4, 0.5) is 15.3 Å². The Morgan fingerprint density at radius 3 is 2.48 bits per heavy atom. The second kappa shape index (κ2) is 8.63. The molecule has 1 N–H and O–H groups in total. The van der Waals surface area contributed by atoms with Gasteiger partial charge in [0.05, 0.1) is 11.7 Å². The van der Waals surface area contributed by atoms with Crippen molar-refractivity contribution in [3.05, 3.63) is 30.5 Å². The number of pyridine rings is 1. The van der Waals surface area contributed by atoms with E-state index in [1.807, 2.05) is 18.2 Å². The highest BCUT2D eigenvalue weighted by Gasteiger charge is 2.24. The number of amides is 1. The van der Waals surface area contributed by atoms with Crippen molar-refractivity contribution < 1.29 is 33.7 Å². The zero-order chi connectivity index (χ0) is 21.0. The Kier molecular flexibility index (Phi) is 6.01. The molecule has 0 spiro atoms. The summed E-state index contributed by atoms with van der Waals surface area (Å²) in [6, 6.07) is 7.26. The molecule has 1 aliphatic rings. The summed E-state index contributed by atoms with van der Waals surface area (Å²) in [5.41, 5.74) is 1.65. The van der Waals surface area contributed by atoms with Crippen LogP contribution >= 0.6 is 0 Å². The lowest BCUT2D eigenvalue weighted by Gasteiger charge is -2.35. The lowest BCUT2D eigenvalue weighted by atomic mass is 10.1. The monoisotopic (exact) mass is 403 g/mol. The molecule has 0 saturated carbocycles. The van der Waals surface area contributed by atoms with Crippen LogP contribution in [-0.2, 0) is 14.3 Å². The molecule has 2 aromatic rings. The molecular weight excluding hydrogens is 382 g/mol. The molecule has 0 aliphatic carbocycles. The predicted octanol–water partition coefficient (Wildman–Crippen LogP) is 2.46. The highest BCUT2D eigenvalue weighted by Crippen LogP contribution is 2.25. The van der Waals surface area contributed by atoms with E-state index in [0.717, 1.165) is 11.1 Å². The van der Waals surface area contributed by atoms with Gasteiger partial charge >= 0.3 is 18.2 Å². The van der Waals surface area contributed by atoms with Gasteiger partial charge < -0.3 is 29.1 Å². The lowest BCUT2D eigenvalue weighted by Crippen LogP contribution is -2.49. The zero-order valence-electron chi connectivity index (χ0n) is 16.0. The second-order valence-corrected chi connectivity index (χ2v) is 6.45. The number of nitrogens with zero attached hydrogens (tertiary/aromatic N) is 3. The number of piperazine rings is 1. The van der Waals surface area contributed by atoms with Gasteiger partial charge in [-0.05, 0) is 18.2 Å². The summed E-state index contributed by atoms with van der Waals surface area (Å²) in [5.74, 6) is -0.352. The van der Waals surface area contributed by atoms with Crippen molar-refractivity contribution in [1.29, 1.82) is 0 Å². The fourth-order valence-electron chi connectivity index (χ4n) is 3.06. The van der Waals surface area contributed by atoms with Gasteiger partial charge in [-0.15, -0.1) is 0 Å². The molecule has 1 unspecified atom stereocenters. The van der Waals surface area contributed by atoms with Crippen LogP contribution in [0.15, 0.2) is 30.5 Å². The van der Waals surface area contributed by atoms with E-state index < -0.39 is 24.5 Å². The van der Waals surface area contributed by atoms with Crippen LogP contribution in [0.25, 0.3) is 10.9 Å². The van der Waals surface area contributed by atoms with E-state index in [0.29, 0.717) is 31.7 Å². The van der Waals surface area contributed by atoms with Gasteiger partial charge in [-0.2, -0.15) is 0 Å². The minimum Gasteiger partial charge on any atom is -0.449 e. The number of hydrogen-bond acceptors (Lipinski definition) is 8. The first-order valence-corrected chi connectivity index (χ1v) is 9.00. The van der Waals surface area contributed by atoms with Crippen molar-refractivity contribution >= 4 is 34.8 Å². The maximum Gasteiger partial charge on any atom is 0.511 e. The number of esters is 1. The molecule has 1 aliphatic heterocycles. The molecule has 0 radical (unpaired) electrons. The van der Waals surface area contributed by atoms with Gasteiger partial charge in [-0.25, -0.2) is 9.59 Å². The van der Waals surface area contributed by atoms with Crippen molar-refractivity contribution in [1.82, 2.24) is 9.88 Å². The molecule has 10 heteroatoms. The third-order valence-electron chi connectivity index (χ3n) is 4.35. The van der Waals surface area contributed by atoms with E-state index in [4.69, 9.17) is 14.6 Å². The fourth-order valence-corrected chi connectivity index (χ4v) is 3.06. The van der Waals surface area contributed by atoms with Crippen molar-refractivity contribution in [2.45, 2.75) is 20.1 Å². The molecule has 1 fully saturated rings. The van der Waals surface area contributed by atoms with Gasteiger partial charge in [-0.3, -0.25) is 9.78 Å². The van der Waals surface area contributed by atoms with Crippen LogP contribution in [0.2, 0.25) is 0 Å². The molecular formula is C19H21N3O7. The lowest BCUT2D eigenvalue weighted by molar-refractivity contribution is -0.163. The minimum absolute atomic E-state index is 0.160. The number of hydrogen-bond donors (Lipinski definition) is 1. The number of aromatic nitrogens is 1. The number of ether oxygens (including phenoxy) is 3. The summed E-state index contributed by atoms with van der Waals surface area (Å²) in [6.45, 7) is 4.86. The summed E-state index contributed by atoms with van der Waals surface area (Å²) in [4.78, 5) is 41.6. The zero-order valence-corrected chi connectivity index (χ0v) is 16.0. The largest absolute Gasteiger partial charge is 0.511 e. The third kappa shape index (κ3) is 5.24. The summed E-state index contributed by atoms with van der Waals surface area (Å²) >= 11 is 0. The molecule has 0 bridgehead atoms. The predicted molar refractivity (Wildman–Crippen MR) is 102 cm³/mol. The maximum absolute atomic E-state index is 12.1. The van der Waals surface area contributed by atoms with Crippen LogP contribution in [0.5, 0.6) is 5.75 Å². The maximum atomic E-state index is 12.1. The Bertz CT molecular complexity index is 925.